The van der Waals surface area contributed by atoms with Gasteiger partial charge in [0.25, 0.3) is 0 Å². The van der Waals surface area contributed by atoms with Crippen LogP contribution in [0, 0.1) is 11.8 Å². The van der Waals surface area contributed by atoms with Gasteiger partial charge >= 0.3 is 0 Å². The molecule has 2 N–H and O–H groups in total. The minimum absolute atomic E-state index is 0.244. The van der Waals surface area contributed by atoms with Crippen LogP contribution in [0.4, 0.5) is 0 Å². The molecule has 0 spiro atoms. The molecule has 3 rings (SSSR count). The molecule has 1 heterocycles. The molecule has 0 bridgehead atoms. The van der Waals surface area contributed by atoms with Gasteiger partial charge in [0.1, 0.15) is 17.1 Å². The molecule has 1 aliphatic carbocycles. The normalized spacial score (nSPS) is 31.0. The highest BCUT2D eigenvalue weighted by Gasteiger charge is 2.49. The monoisotopic (exact) mass is 332 g/mol. The molecule has 1 fully saturated rings. The third-order valence-electron chi connectivity index (χ3n) is 6.15. The highest BCUT2D eigenvalue weighted by Crippen LogP contribution is 2.55. The number of aromatic hydroxyl groups is 1. The standard InChI is InChI=1S/C21H32O3/c1-5-6-7-8-14-10-18(23)20-15-9-13(2)17(22)12-16(15)21(3,4)24-19(20)11-14/h10-11,13,15-17,22-23H,5-9,12H2,1-4H3/t13-,15-,16-,17-/m1/s1. The minimum Gasteiger partial charge on any atom is -0.508 e. The summed E-state index contributed by atoms with van der Waals surface area (Å²) in [5, 5.41) is 21.0. The highest BCUT2D eigenvalue weighted by atomic mass is 16.5. The molecule has 1 aromatic carbocycles. The lowest BCUT2D eigenvalue weighted by Gasteiger charge is -2.50. The van der Waals surface area contributed by atoms with Gasteiger partial charge in [-0.05, 0) is 69.1 Å². The fraction of sp³-hybridized carbons (Fsp3) is 0.714. The maximum atomic E-state index is 10.7. The van der Waals surface area contributed by atoms with Crippen molar-refractivity contribution in [3.8, 4) is 11.5 Å². The molecule has 0 saturated heterocycles. The number of aryl methyl sites for hydroxylation is 1. The number of rotatable bonds is 4. The Morgan fingerprint density at radius 3 is 2.67 bits per heavy atom. The van der Waals surface area contributed by atoms with Crippen LogP contribution >= 0.6 is 0 Å². The first-order valence-corrected chi connectivity index (χ1v) is 9.56. The molecule has 1 saturated carbocycles. The van der Waals surface area contributed by atoms with Crippen LogP contribution in [0.1, 0.15) is 76.8 Å². The van der Waals surface area contributed by atoms with E-state index >= 15 is 0 Å². The summed E-state index contributed by atoms with van der Waals surface area (Å²) in [7, 11) is 0. The van der Waals surface area contributed by atoms with Crippen molar-refractivity contribution in [2.45, 2.75) is 83.8 Å². The summed E-state index contributed by atoms with van der Waals surface area (Å²) in [5.74, 6) is 2.01. The second-order valence-electron chi connectivity index (χ2n) is 8.42. The van der Waals surface area contributed by atoms with E-state index in [0.29, 0.717) is 5.75 Å². The summed E-state index contributed by atoms with van der Waals surface area (Å²) in [6, 6.07) is 4.07. The molecule has 24 heavy (non-hydrogen) atoms. The fourth-order valence-corrected chi connectivity index (χ4v) is 4.67. The van der Waals surface area contributed by atoms with Gasteiger partial charge in [-0.2, -0.15) is 0 Å². The predicted octanol–water partition coefficient (Wildman–Crippen LogP) is 4.79. The molecule has 134 valence electrons. The lowest BCUT2D eigenvalue weighted by molar-refractivity contribution is -0.0566. The Hall–Kier alpha value is -1.22. The number of hydrogen-bond acceptors (Lipinski definition) is 3. The van der Waals surface area contributed by atoms with E-state index in [9.17, 15) is 10.2 Å². The van der Waals surface area contributed by atoms with Crippen LogP contribution in [-0.2, 0) is 6.42 Å². The quantitative estimate of drug-likeness (QED) is 0.780. The smallest absolute Gasteiger partial charge is 0.127 e. The Balaban J connectivity index is 1.95. The third kappa shape index (κ3) is 3.15. The van der Waals surface area contributed by atoms with E-state index in [1.807, 2.05) is 6.07 Å². The first-order valence-electron chi connectivity index (χ1n) is 9.56. The van der Waals surface area contributed by atoms with Crippen molar-refractivity contribution in [1.82, 2.24) is 0 Å². The van der Waals surface area contributed by atoms with Crippen LogP contribution in [0.3, 0.4) is 0 Å². The number of phenols is 1. The Morgan fingerprint density at radius 2 is 1.96 bits per heavy atom. The summed E-state index contributed by atoms with van der Waals surface area (Å²) < 4.78 is 6.33. The van der Waals surface area contributed by atoms with Gasteiger partial charge < -0.3 is 14.9 Å². The summed E-state index contributed by atoms with van der Waals surface area (Å²) in [6.45, 7) is 8.56. The van der Waals surface area contributed by atoms with Crippen molar-refractivity contribution in [3.63, 3.8) is 0 Å². The number of aliphatic hydroxyl groups excluding tert-OH is 1. The number of phenolic OH excluding ortho intramolecular Hbond substituents is 1. The lowest BCUT2D eigenvalue weighted by atomic mass is 9.63. The second-order valence-corrected chi connectivity index (χ2v) is 8.42. The SMILES string of the molecule is CCCCCc1cc(O)c2c(c1)OC(C)(C)[C@@H]1C[C@@H](O)[C@H](C)C[C@@H]21. The largest absolute Gasteiger partial charge is 0.508 e. The van der Waals surface area contributed by atoms with Gasteiger partial charge in [0.2, 0.25) is 0 Å². The Morgan fingerprint density at radius 1 is 1.21 bits per heavy atom. The van der Waals surface area contributed by atoms with E-state index in [4.69, 9.17) is 4.74 Å². The van der Waals surface area contributed by atoms with Crippen LogP contribution in [0.2, 0.25) is 0 Å². The molecule has 1 aliphatic heterocycles. The molecule has 4 atom stereocenters. The predicted molar refractivity (Wildman–Crippen MR) is 96.7 cm³/mol. The minimum atomic E-state index is -0.312. The van der Waals surface area contributed by atoms with Crippen molar-refractivity contribution in [3.05, 3.63) is 23.3 Å². The third-order valence-corrected chi connectivity index (χ3v) is 6.15. The van der Waals surface area contributed by atoms with Gasteiger partial charge in [0.15, 0.2) is 0 Å². The van der Waals surface area contributed by atoms with Crippen molar-refractivity contribution < 1.29 is 14.9 Å². The Bertz CT molecular complexity index is 593. The molecule has 0 aromatic heterocycles. The van der Waals surface area contributed by atoms with Crippen LogP contribution in [0.25, 0.3) is 0 Å². The summed E-state index contributed by atoms with van der Waals surface area (Å²) >= 11 is 0. The van der Waals surface area contributed by atoms with Gasteiger partial charge in [0.05, 0.1) is 6.10 Å². The zero-order valence-electron chi connectivity index (χ0n) is 15.5. The van der Waals surface area contributed by atoms with E-state index in [1.54, 1.807) is 0 Å². The number of benzene rings is 1. The van der Waals surface area contributed by atoms with Crippen LogP contribution < -0.4 is 4.74 Å². The van der Waals surface area contributed by atoms with E-state index in [0.717, 1.165) is 42.6 Å². The zero-order chi connectivity index (χ0) is 17.5. The summed E-state index contributed by atoms with van der Waals surface area (Å²) in [5.41, 5.74) is 1.82. The molecule has 0 unspecified atom stereocenters. The first-order chi connectivity index (χ1) is 11.3. The van der Waals surface area contributed by atoms with Crippen molar-refractivity contribution in [2.24, 2.45) is 11.8 Å². The maximum absolute atomic E-state index is 10.7. The van der Waals surface area contributed by atoms with Gasteiger partial charge in [0, 0.05) is 11.5 Å². The average Bonchev–Trinajstić information content (AvgIpc) is 2.49. The van der Waals surface area contributed by atoms with Crippen LogP contribution in [-0.4, -0.2) is 21.9 Å². The molecule has 2 aliphatic rings. The number of fused-ring (bicyclic) bond motifs is 3. The summed E-state index contributed by atoms with van der Waals surface area (Å²) in [4.78, 5) is 0. The lowest BCUT2D eigenvalue weighted by Crippen LogP contribution is -2.49. The van der Waals surface area contributed by atoms with E-state index in [2.05, 4.69) is 33.8 Å². The van der Waals surface area contributed by atoms with Gasteiger partial charge in [-0.25, -0.2) is 0 Å². The van der Waals surface area contributed by atoms with Gasteiger partial charge in [-0.1, -0.05) is 26.7 Å². The second kappa shape index (κ2) is 6.59. The maximum Gasteiger partial charge on any atom is 0.127 e. The number of aliphatic hydroxyl groups is 1. The average molecular weight is 332 g/mol. The summed E-state index contributed by atoms with van der Waals surface area (Å²) in [6.07, 6.45) is 5.93. The Kier molecular flexibility index (Phi) is 4.83. The topological polar surface area (TPSA) is 49.7 Å². The molecule has 3 nitrogen and oxygen atoms in total. The molecule has 3 heteroatoms. The number of hydrogen-bond donors (Lipinski definition) is 2. The van der Waals surface area contributed by atoms with Gasteiger partial charge in [-0.3, -0.25) is 0 Å². The molecular formula is C21H32O3. The van der Waals surface area contributed by atoms with Crippen LogP contribution in [0.5, 0.6) is 11.5 Å². The van der Waals surface area contributed by atoms with Crippen molar-refractivity contribution in [1.29, 1.82) is 0 Å². The number of ether oxygens (including phenoxy) is 1. The first kappa shape index (κ1) is 17.6. The van der Waals surface area contributed by atoms with Crippen LogP contribution in [0.15, 0.2) is 12.1 Å². The molecule has 0 radical (unpaired) electrons. The molecule has 0 amide bonds. The fourth-order valence-electron chi connectivity index (χ4n) is 4.67. The number of unbranched alkanes of at least 4 members (excludes halogenated alkanes) is 2. The van der Waals surface area contributed by atoms with E-state index < -0.39 is 0 Å². The molecular weight excluding hydrogens is 300 g/mol. The Labute approximate surface area is 146 Å². The highest BCUT2D eigenvalue weighted by molar-refractivity contribution is 5.52. The van der Waals surface area contributed by atoms with E-state index in [1.165, 1.54) is 12.8 Å². The van der Waals surface area contributed by atoms with Crippen molar-refractivity contribution >= 4 is 0 Å². The van der Waals surface area contributed by atoms with E-state index in [-0.39, 0.29) is 29.5 Å². The molecule has 1 aromatic rings. The van der Waals surface area contributed by atoms with Crippen molar-refractivity contribution in [2.75, 3.05) is 0 Å². The van der Waals surface area contributed by atoms with Gasteiger partial charge in [-0.15, -0.1) is 0 Å². The zero-order valence-corrected chi connectivity index (χ0v) is 15.5.